The average Bonchev–Trinajstić information content (AvgIpc) is 3.23. The Hall–Kier alpha value is -3.40. The van der Waals surface area contributed by atoms with E-state index < -0.39 is 0 Å². The number of ether oxygens (including phenoxy) is 3. The Morgan fingerprint density at radius 3 is 2.43 bits per heavy atom. The van der Waals surface area contributed by atoms with Crippen molar-refractivity contribution in [3.05, 3.63) is 40.0 Å². The van der Waals surface area contributed by atoms with Crippen LogP contribution in [0.25, 0.3) is 5.65 Å². The minimum Gasteiger partial charge on any atom is -0.494 e. The van der Waals surface area contributed by atoms with Crippen LogP contribution >= 0.6 is 0 Å². The second-order valence-electron chi connectivity index (χ2n) is 10.3. The number of hydrogen-bond acceptors (Lipinski definition) is 8. The maximum absolute atomic E-state index is 13.8. The Morgan fingerprint density at radius 2 is 1.84 bits per heavy atom. The molecule has 0 spiro atoms. The summed E-state index contributed by atoms with van der Waals surface area (Å²) in [5.74, 6) is 1.27. The Balaban J connectivity index is 1.80. The van der Waals surface area contributed by atoms with E-state index in [-0.39, 0.29) is 17.7 Å². The van der Waals surface area contributed by atoms with Crippen LogP contribution in [0.3, 0.4) is 0 Å². The molecule has 3 aromatic rings. The minimum atomic E-state index is -0.225. The van der Waals surface area contributed by atoms with Crippen molar-refractivity contribution < 1.29 is 19.0 Å². The molecule has 200 valence electrons. The average molecular weight is 511 g/mol. The van der Waals surface area contributed by atoms with Crippen LogP contribution in [-0.2, 0) is 16.7 Å². The van der Waals surface area contributed by atoms with Crippen LogP contribution in [-0.4, -0.2) is 72.2 Å². The van der Waals surface area contributed by atoms with Crippen molar-refractivity contribution in [2.75, 3.05) is 52.0 Å². The molecule has 0 unspecified atom stereocenters. The minimum absolute atomic E-state index is 0.0248. The molecule has 0 aliphatic carbocycles. The molecule has 1 aromatic carbocycles. The van der Waals surface area contributed by atoms with Crippen molar-refractivity contribution in [1.29, 1.82) is 0 Å². The second kappa shape index (κ2) is 10.5. The summed E-state index contributed by atoms with van der Waals surface area (Å²) in [6.45, 7) is 15.5. The molecule has 0 bridgehead atoms. The molecule has 1 fully saturated rings. The molecule has 10 heteroatoms. The van der Waals surface area contributed by atoms with Crippen LogP contribution in [0, 0.1) is 13.8 Å². The topological polar surface area (TPSA) is 95.5 Å². The molecule has 1 aliphatic heterocycles. The van der Waals surface area contributed by atoms with Gasteiger partial charge in [0.25, 0.3) is 0 Å². The highest BCUT2D eigenvalue weighted by Crippen LogP contribution is 2.40. The summed E-state index contributed by atoms with van der Waals surface area (Å²) in [5.41, 5.74) is 5.25. The van der Waals surface area contributed by atoms with Crippen molar-refractivity contribution in [2.24, 2.45) is 4.99 Å². The molecule has 1 saturated heterocycles. The van der Waals surface area contributed by atoms with E-state index in [2.05, 4.69) is 35.8 Å². The molecule has 4 rings (SSSR count). The first-order valence-electron chi connectivity index (χ1n) is 12.7. The van der Waals surface area contributed by atoms with Gasteiger partial charge in [-0.15, -0.1) is 10.2 Å². The van der Waals surface area contributed by atoms with Crippen LogP contribution in [0.2, 0.25) is 0 Å². The molecule has 0 N–H and O–H groups in total. The molecular weight excluding hydrogens is 472 g/mol. The highest BCUT2D eigenvalue weighted by molar-refractivity contribution is 5.97. The summed E-state index contributed by atoms with van der Waals surface area (Å²) in [6.07, 6.45) is 0. The van der Waals surface area contributed by atoms with Gasteiger partial charge in [0.15, 0.2) is 11.4 Å². The lowest BCUT2D eigenvalue weighted by molar-refractivity contribution is 0.0965. The van der Waals surface area contributed by atoms with Gasteiger partial charge in [0, 0.05) is 42.4 Å². The number of Topliss-reactive ketones (excluding diaryl/α,β-unsaturated/α-hetero) is 1. The highest BCUT2D eigenvalue weighted by Gasteiger charge is 2.27. The number of ketones is 1. The maximum atomic E-state index is 13.8. The van der Waals surface area contributed by atoms with Gasteiger partial charge in [0.2, 0.25) is 11.5 Å². The van der Waals surface area contributed by atoms with Crippen LogP contribution in [0.4, 0.5) is 5.69 Å². The SMILES string of the molecule is CCOc1nn2/c(=N/C)n(CC(=O)c3cc(N4CCOCC4)c(OC)c(C(C)(C)C)c3)nc2c(C)c1C. The summed E-state index contributed by atoms with van der Waals surface area (Å²) in [5, 5.41) is 9.34. The van der Waals surface area contributed by atoms with E-state index in [0.717, 1.165) is 41.2 Å². The zero-order chi connectivity index (χ0) is 26.9. The Bertz CT molecular complexity index is 1380. The largest absolute Gasteiger partial charge is 0.494 e. The Labute approximate surface area is 217 Å². The van der Waals surface area contributed by atoms with Gasteiger partial charge in [-0.05, 0) is 38.3 Å². The van der Waals surface area contributed by atoms with Crippen LogP contribution in [0.5, 0.6) is 11.6 Å². The number of morpholine rings is 1. The number of aromatic nitrogens is 4. The molecule has 3 heterocycles. The smallest absolute Gasteiger partial charge is 0.245 e. The zero-order valence-corrected chi connectivity index (χ0v) is 23.2. The van der Waals surface area contributed by atoms with Gasteiger partial charge in [0.05, 0.1) is 32.6 Å². The fourth-order valence-corrected chi connectivity index (χ4v) is 4.63. The van der Waals surface area contributed by atoms with E-state index in [4.69, 9.17) is 19.3 Å². The quantitative estimate of drug-likeness (QED) is 0.451. The van der Waals surface area contributed by atoms with E-state index >= 15 is 0 Å². The van der Waals surface area contributed by atoms with Gasteiger partial charge in [-0.1, -0.05) is 20.8 Å². The number of nitrogens with zero attached hydrogens (tertiary/aromatic N) is 6. The molecule has 1 aliphatic rings. The first-order valence-corrected chi connectivity index (χ1v) is 12.7. The highest BCUT2D eigenvalue weighted by atomic mass is 16.5. The fourth-order valence-electron chi connectivity index (χ4n) is 4.63. The Morgan fingerprint density at radius 1 is 1.14 bits per heavy atom. The number of aryl methyl sites for hydroxylation is 1. The van der Waals surface area contributed by atoms with Crippen LogP contribution in [0.1, 0.15) is 54.7 Å². The van der Waals surface area contributed by atoms with Gasteiger partial charge in [-0.25, -0.2) is 4.68 Å². The lowest BCUT2D eigenvalue weighted by atomic mass is 9.84. The summed E-state index contributed by atoms with van der Waals surface area (Å²) in [6, 6.07) is 3.88. The molecule has 0 saturated carbocycles. The summed E-state index contributed by atoms with van der Waals surface area (Å²) in [7, 11) is 3.36. The number of methoxy groups -OCH3 is 1. The van der Waals surface area contributed by atoms with Crippen molar-refractivity contribution in [3.8, 4) is 11.6 Å². The van der Waals surface area contributed by atoms with E-state index in [1.54, 1.807) is 23.4 Å². The molecule has 10 nitrogen and oxygen atoms in total. The molecular formula is C27H38N6O4. The number of carbonyl (C=O) groups is 1. The summed E-state index contributed by atoms with van der Waals surface area (Å²) >= 11 is 0. The van der Waals surface area contributed by atoms with E-state index in [0.29, 0.717) is 42.5 Å². The third kappa shape index (κ3) is 5.07. The number of benzene rings is 1. The molecule has 37 heavy (non-hydrogen) atoms. The maximum Gasteiger partial charge on any atom is 0.245 e. The number of carbonyl (C=O) groups excluding carboxylic acids is 1. The third-order valence-corrected chi connectivity index (χ3v) is 6.78. The third-order valence-electron chi connectivity index (χ3n) is 6.78. The van der Waals surface area contributed by atoms with Crippen molar-refractivity contribution in [3.63, 3.8) is 0 Å². The van der Waals surface area contributed by atoms with E-state index in [1.165, 1.54) is 0 Å². The number of fused-ring (bicyclic) bond motifs is 1. The van der Waals surface area contributed by atoms with Crippen LogP contribution < -0.4 is 20.0 Å². The van der Waals surface area contributed by atoms with Crippen molar-refractivity contribution in [2.45, 2.75) is 53.5 Å². The first-order chi connectivity index (χ1) is 17.6. The normalized spacial score (nSPS) is 14.9. The predicted octanol–water partition coefficient (Wildman–Crippen LogP) is 3.10. The second-order valence-corrected chi connectivity index (χ2v) is 10.3. The van der Waals surface area contributed by atoms with E-state index in [1.807, 2.05) is 32.9 Å². The van der Waals surface area contributed by atoms with Crippen molar-refractivity contribution >= 4 is 17.1 Å². The molecule has 2 aromatic heterocycles. The lowest BCUT2D eigenvalue weighted by Gasteiger charge is -2.33. The summed E-state index contributed by atoms with van der Waals surface area (Å²) in [4.78, 5) is 20.4. The lowest BCUT2D eigenvalue weighted by Crippen LogP contribution is -2.37. The number of anilines is 1. The first kappa shape index (κ1) is 26.7. The van der Waals surface area contributed by atoms with Gasteiger partial charge in [-0.2, -0.15) is 4.52 Å². The molecule has 0 atom stereocenters. The zero-order valence-electron chi connectivity index (χ0n) is 23.2. The van der Waals surface area contributed by atoms with Gasteiger partial charge < -0.3 is 19.1 Å². The van der Waals surface area contributed by atoms with Gasteiger partial charge in [0.1, 0.15) is 12.3 Å². The number of rotatable bonds is 7. The number of hydrogen-bond donors (Lipinski definition) is 0. The molecule has 0 amide bonds. The molecule has 0 radical (unpaired) electrons. The summed E-state index contributed by atoms with van der Waals surface area (Å²) < 4.78 is 20.4. The Kier molecular flexibility index (Phi) is 7.59. The predicted molar refractivity (Wildman–Crippen MR) is 142 cm³/mol. The fraction of sp³-hybridized carbons (Fsp3) is 0.556. The van der Waals surface area contributed by atoms with Crippen molar-refractivity contribution in [1.82, 2.24) is 19.4 Å². The van der Waals surface area contributed by atoms with Crippen LogP contribution in [0.15, 0.2) is 17.1 Å². The monoisotopic (exact) mass is 510 g/mol. The van der Waals surface area contributed by atoms with E-state index in [9.17, 15) is 4.79 Å². The van der Waals surface area contributed by atoms with Gasteiger partial charge in [-0.3, -0.25) is 9.79 Å². The standard InChI is InChI=1S/C27H38N6O4/c1-9-37-25-18(3)17(2)24-29-32(26(28-7)33(24)30-25)16-22(34)19-14-20(27(4,5)6)23(35-8)21(15-19)31-10-12-36-13-11-31/h14-15H,9-13,16H2,1-8H3/b28-26+. The van der Waals surface area contributed by atoms with Gasteiger partial charge >= 0.3 is 0 Å².